The maximum absolute atomic E-state index is 12.5. The van der Waals surface area contributed by atoms with E-state index in [0.29, 0.717) is 18.2 Å². The third-order valence-electron chi connectivity index (χ3n) is 5.14. The third kappa shape index (κ3) is 4.71. The molecule has 1 atom stereocenters. The normalized spacial score (nSPS) is 23.4. The van der Waals surface area contributed by atoms with Gasteiger partial charge in [-0.05, 0) is 43.0 Å². The Morgan fingerprint density at radius 2 is 1.96 bits per heavy atom. The van der Waals surface area contributed by atoms with E-state index in [4.69, 9.17) is 0 Å². The molecular formula is C19H29N3O2. The smallest absolute Gasteiger partial charge is 0.236 e. The number of carbonyl (C=O) groups excluding carboxylic acids is 1. The molecule has 0 aromatic heterocycles. The number of amides is 1. The van der Waals surface area contributed by atoms with Crippen molar-refractivity contribution in [2.45, 2.75) is 26.3 Å². The summed E-state index contributed by atoms with van der Waals surface area (Å²) < 4.78 is 0. The summed E-state index contributed by atoms with van der Waals surface area (Å²) in [4.78, 5) is 19.2. The number of nitrogens with zero attached hydrogens (tertiary/aromatic N) is 3. The second kappa shape index (κ2) is 7.99. The van der Waals surface area contributed by atoms with Crippen LogP contribution in [0.1, 0.15) is 25.3 Å². The van der Waals surface area contributed by atoms with Crippen LogP contribution >= 0.6 is 0 Å². The molecule has 0 saturated carbocycles. The first-order chi connectivity index (χ1) is 11.6. The Hall–Kier alpha value is -1.59. The lowest BCUT2D eigenvalue weighted by Crippen LogP contribution is -2.51. The fourth-order valence-corrected chi connectivity index (χ4v) is 3.79. The molecular weight excluding hydrogens is 302 g/mol. The molecule has 1 aromatic carbocycles. The van der Waals surface area contributed by atoms with Crippen molar-refractivity contribution in [3.8, 4) is 5.75 Å². The minimum atomic E-state index is 0.279. The van der Waals surface area contributed by atoms with Gasteiger partial charge >= 0.3 is 0 Å². The Balaban J connectivity index is 1.43. The van der Waals surface area contributed by atoms with Crippen LogP contribution in [0.15, 0.2) is 24.3 Å². The second-order valence-corrected chi connectivity index (χ2v) is 7.31. The lowest BCUT2D eigenvalue weighted by atomic mass is 10.0. The molecule has 2 aliphatic rings. The first-order valence-corrected chi connectivity index (χ1v) is 9.10. The average molecular weight is 331 g/mol. The molecule has 2 heterocycles. The van der Waals surface area contributed by atoms with Crippen molar-refractivity contribution in [1.82, 2.24) is 14.7 Å². The van der Waals surface area contributed by atoms with Gasteiger partial charge in [0.15, 0.2) is 0 Å². The predicted octanol–water partition coefficient (Wildman–Crippen LogP) is 1.77. The fraction of sp³-hybridized carbons (Fsp3) is 0.632. The van der Waals surface area contributed by atoms with Crippen LogP contribution in [0.25, 0.3) is 0 Å². The zero-order valence-electron chi connectivity index (χ0n) is 14.7. The van der Waals surface area contributed by atoms with Gasteiger partial charge in [-0.2, -0.15) is 0 Å². The highest BCUT2D eigenvalue weighted by Crippen LogP contribution is 2.16. The topological polar surface area (TPSA) is 47.0 Å². The summed E-state index contributed by atoms with van der Waals surface area (Å²) in [5.41, 5.74) is 1.12. The number of hydrogen-bond donors (Lipinski definition) is 1. The molecule has 2 fully saturated rings. The van der Waals surface area contributed by atoms with Crippen LogP contribution in [0.2, 0.25) is 0 Å². The van der Waals surface area contributed by atoms with Crippen molar-refractivity contribution in [2.75, 3.05) is 45.8 Å². The van der Waals surface area contributed by atoms with Crippen LogP contribution in [0, 0.1) is 5.92 Å². The van der Waals surface area contributed by atoms with E-state index >= 15 is 0 Å². The van der Waals surface area contributed by atoms with Crippen molar-refractivity contribution >= 4 is 5.91 Å². The third-order valence-corrected chi connectivity index (χ3v) is 5.14. The highest BCUT2D eigenvalue weighted by atomic mass is 16.3. The summed E-state index contributed by atoms with van der Waals surface area (Å²) in [6.07, 6.45) is 2.50. The molecule has 0 radical (unpaired) electrons. The summed E-state index contributed by atoms with van der Waals surface area (Å²) >= 11 is 0. The van der Waals surface area contributed by atoms with Gasteiger partial charge in [-0.15, -0.1) is 0 Å². The van der Waals surface area contributed by atoms with Crippen molar-refractivity contribution in [3.05, 3.63) is 29.8 Å². The lowest BCUT2D eigenvalue weighted by Gasteiger charge is -2.37. The lowest BCUT2D eigenvalue weighted by molar-refractivity contribution is -0.134. The fourth-order valence-electron chi connectivity index (χ4n) is 3.79. The summed E-state index contributed by atoms with van der Waals surface area (Å²) in [7, 11) is 0. The summed E-state index contributed by atoms with van der Waals surface area (Å²) in [5.74, 6) is 1.31. The van der Waals surface area contributed by atoms with Crippen LogP contribution in [0.5, 0.6) is 5.75 Å². The van der Waals surface area contributed by atoms with E-state index in [1.165, 1.54) is 12.8 Å². The standard InChI is InChI=1S/C19H29N3O2/c1-16-4-3-7-21(13-16)15-19(24)22-10-8-20(9-11-22)14-17-5-2-6-18(23)12-17/h2,5-6,12,16,23H,3-4,7-11,13-15H2,1H3. The Bertz CT molecular complexity index is 555. The molecule has 1 aromatic rings. The first kappa shape index (κ1) is 17.2. The van der Waals surface area contributed by atoms with Crippen molar-refractivity contribution in [2.24, 2.45) is 5.92 Å². The molecule has 1 unspecified atom stereocenters. The SMILES string of the molecule is CC1CCCN(CC(=O)N2CCN(Cc3cccc(O)c3)CC2)C1. The van der Waals surface area contributed by atoms with Crippen LogP contribution in [0.4, 0.5) is 0 Å². The first-order valence-electron chi connectivity index (χ1n) is 9.10. The molecule has 5 nitrogen and oxygen atoms in total. The van der Waals surface area contributed by atoms with E-state index < -0.39 is 0 Å². The number of piperazine rings is 1. The quantitative estimate of drug-likeness (QED) is 0.913. The minimum absolute atomic E-state index is 0.279. The van der Waals surface area contributed by atoms with Gasteiger partial charge in [-0.3, -0.25) is 14.6 Å². The number of hydrogen-bond acceptors (Lipinski definition) is 4. The molecule has 0 spiro atoms. The molecule has 24 heavy (non-hydrogen) atoms. The Morgan fingerprint density at radius 1 is 1.17 bits per heavy atom. The highest BCUT2D eigenvalue weighted by Gasteiger charge is 2.24. The number of piperidine rings is 1. The number of carbonyl (C=O) groups is 1. The zero-order chi connectivity index (χ0) is 16.9. The molecule has 1 N–H and O–H groups in total. The van der Waals surface area contributed by atoms with E-state index in [9.17, 15) is 9.90 Å². The van der Waals surface area contributed by atoms with Gasteiger partial charge in [0.05, 0.1) is 6.54 Å². The van der Waals surface area contributed by atoms with Crippen LogP contribution in [-0.4, -0.2) is 71.5 Å². The number of rotatable bonds is 4. The van der Waals surface area contributed by atoms with E-state index in [1.807, 2.05) is 23.1 Å². The van der Waals surface area contributed by atoms with Crippen molar-refractivity contribution in [1.29, 1.82) is 0 Å². The zero-order valence-corrected chi connectivity index (χ0v) is 14.7. The molecule has 5 heteroatoms. The van der Waals surface area contributed by atoms with Gasteiger partial charge in [0.25, 0.3) is 0 Å². The Labute approximate surface area is 144 Å². The summed E-state index contributed by atoms with van der Waals surface area (Å²) in [5, 5.41) is 9.56. The second-order valence-electron chi connectivity index (χ2n) is 7.31. The van der Waals surface area contributed by atoms with E-state index in [2.05, 4.69) is 16.7 Å². The van der Waals surface area contributed by atoms with Crippen molar-refractivity contribution in [3.63, 3.8) is 0 Å². The van der Waals surface area contributed by atoms with E-state index in [0.717, 1.165) is 51.4 Å². The molecule has 0 aliphatic carbocycles. The van der Waals surface area contributed by atoms with E-state index in [1.54, 1.807) is 6.07 Å². The van der Waals surface area contributed by atoms with Gasteiger partial charge in [0.2, 0.25) is 5.91 Å². The minimum Gasteiger partial charge on any atom is -0.508 e. The van der Waals surface area contributed by atoms with Gasteiger partial charge in [0, 0.05) is 39.3 Å². The number of likely N-dealkylation sites (tertiary alicyclic amines) is 1. The van der Waals surface area contributed by atoms with Gasteiger partial charge in [-0.1, -0.05) is 19.1 Å². The van der Waals surface area contributed by atoms with Gasteiger partial charge < -0.3 is 10.0 Å². The van der Waals surface area contributed by atoms with Crippen LogP contribution in [0.3, 0.4) is 0 Å². The number of phenols is 1. The van der Waals surface area contributed by atoms with E-state index in [-0.39, 0.29) is 5.91 Å². The highest BCUT2D eigenvalue weighted by molar-refractivity contribution is 5.78. The largest absolute Gasteiger partial charge is 0.508 e. The number of benzene rings is 1. The maximum atomic E-state index is 12.5. The number of aromatic hydroxyl groups is 1. The molecule has 3 rings (SSSR count). The Morgan fingerprint density at radius 3 is 2.67 bits per heavy atom. The van der Waals surface area contributed by atoms with Crippen LogP contribution in [-0.2, 0) is 11.3 Å². The summed E-state index contributed by atoms with van der Waals surface area (Å²) in [6.45, 7) is 9.22. The molecule has 2 aliphatic heterocycles. The molecule has 132 valence electrons. The molecule has 0 bridgehead atoms. The van der Waals surface area contributed by atoms with Crippen LogP contribution < -0.4 is 0 Å². The average Bonchev–Trinajstić information content (AvgIpc) is 2.55. The summed E-state index contributed by atoms with van der Waals surface area (Å²) in [6, 6.07) is 7.43. The molecule has 2 saturated heterocycles. The van der Waals surface area contributed by atoms with Crippen molar-refractivity contribution < 1.29 is 9.90 Å². The number of phenolic OH excluding ortho intramolecular Hbond substituents is 1. The monoisotopic (exact) mass is 331 g/mol. The van der Waals surface area contributed by atoms with Gasteiger partial charge in [0.1, 0.15) is 5.75 Å². The molecule has 1 amide bonds. The maximum Gasteiger partial charge on any atom is 0.236 e. The van der Waals surface area contributed by atoms with Gasteiger partial charge in [-0.25, -0.2) is 0 Å². The predicted molar refractivity (Wildman–Crippen MR) is 94.8 cm³/mol. The Kier molecular flexibility index (Phi) is 5.74.